The number of benzene rings is 2. The number of methoxy groups -OCH3 is 2. The van der Waals surface area contributed by atoms with Crippen LogP contribution in [0.3, 0.4) is 0 Å². The Hall–Kier alpha value is -2.89. The van der Waals surface area contributed by atoms with E-state index >= 15 is 0 Å². The Bertz CT molecular complexity index is 730. The number of esters is 1. The Balaban J connectivity index is 2.08. The minimum absolute atomic E-state index is 0.0414. The predicted octanol–water partition coefficient (Wildman–Crippen LogP) is 2.28. The molecular formula is C19H20FNO4. The van der Waals surface area contributed by atoms with Crippen LogP contribution in [0.4, 0.5) is 4.39 Å². The zero-order chi connectivity index (χ0) is 18.2. The molecule has 0 fully saturated rings. The molecule has 2 rings (SSSR count). The van der Waals surface area contributed by atoms with E-state index in [1.54, 1.807) is 13.2 Å². The minimum atomic E-state index is -0.839. The molecule has 0 bridgehead atoms. The summed E-state index contributed by atoms with van der Waals surface area (Å²) in [6.45, 7) is 0. The SMILES string of the molecule is COC(=O)[C@H](Cc1ccccc1OC)NC(=O)Cc1ccc(F)cc1. The van der Waals surface area contributed by atoms with E-state index < -0.39 is 12.0 Å². The van der Waals surface area contributed by atoms with E-state index in [4.69, 9.17) is 9.47 Å². The Kier molecular flexibility index (Phi) is 6.51. The largest absolute Gasteiger partial charge is 0.496 e. The van der Waals surface area contributed by atoms with Gasteiger partial charge < -0.3 is 14.8 Å². The highest BCUT2D eigenvalue weighted by Crippen LogP contribution is 2.19. The van der Waals surface area contributed by atoms with Crippen LogP contribution < -0.4 is 10.1 Å². The number of halogens is 1. The van der Waals surface area contributed by atoms with Crippen molar-refractivity contribution in [3.63, 3.8) is 0 Å². The molecular weight excluding hydrogens is 325 g/mol. The molecule has 1 N–H and O–H groups in total. The van der Waals surface area contributed by atoms with Gasteiger partial charge in [-0.1, -0.05) is 30.3 Å². The standard InChI is InChI=1S/C19H20FNO4/c1-24-17-6-4-3-5-14(17)12-16(19(23)25-2)21-18(22)11-13-7-9-15(20)10-8-13/h3-10,16H,11-12H2,1-2H3,(H,21,22)/t16-/m0/s1. The van der Waals surface area contributed by atoms with E-state index in [9.17, 15) is 14.0 Å². The van der Waals surface area contributed by atoms with E-state index in [1.165, 1.54) is 31.4 Å². The molecule has 5 nitrogen and oxygen atoms in total. The molecule has 2 aromatic carbocycles. The maximum Gasteiger partial charge on any atom is 0.328 e. The second-order valence-corrected chi connectivity index (χ2v) is 5.46. The third-order valence-electron chi connectivity index (χ3n) is 3.72. The Morgan fingerprint density at radius 1 is 1.08 bits per heavy atom. The third kappa shape index (κ3) is 5.31. The van der Waals surface area contributed by atoms with Gasteiger partial charge >= 0.3 is 5.97 Å². The van der Waals surface area contributed by atoms with Crippen LogP contribution in [-0.2, 0) is 27.2 Å². The van der Waals surface area contributed by atoms with Crippen molar-refractivity contribution in [2.24, 2.45) is 0 Å². The van der Waals surface area contributed by atoms with Gasteiger partial charge in [0.2, 0.25) is 5.91 Å². The van der Waals surface area contributed by atoms with Crippen molar-refractivity contribution >= 4 is 11.9 Å². The lowest BCUT2D eigenvalue weighted by molar-refractivity contribution is -0.145. The van der Waals surface area contributed by atoms with Crippen molar-refractivity contribution in [1.82, 2.24) is 5.32 Å². The van der Waals surface area contributed by atoms with Gasteiger partial charge in [0.25, 0.3) is 0 Å². The van der Waals surface area contributed by atoms with Crippen LogP contribution in [0.5, 0.6) is 5.75 Å². The van der Waals surface area contributed by atoms with Gasteiger partial charge in [-0.15, -0.1) is 0 Å². The van der Waals surface area contributed by atoms with Crippen LogP contribution in [0.2, 0.25) is 0 Å². The minimum Gasteiger partial charge on any atom is -0.496 e. The van der Waals surface area contributed by atoms with Crippen molar-refractivity contribution in [3.8, 4) is 5.75 Å². The van der Waals surface area contributed by atoms with Gasteiger partial charge in [0, 0.05) is 6.42 Å². The van der Waals surface area contributed by atoms with Crippen LogP contribution >= 0.6 is 0 Å². The van der Waals surface area contributed by atoms with Gasteiger partial charge in [-0.2, -0.15) is 0 Å². The number of nitrogens with one attached hydrogen (secondary N) is 1. The number of ether oxygens (including phenoxy) is 2. The number of rotatable bonds is 7. The van der Waals surface area contributed by atoms with Crippen molar-refractivity contribution in [1.29, 1.82) is 0 Å². The second-order valence-electron chi connectivity index (χ2n) is 5.46. The van der Waals surface area contributed by atoms with E-state index in [2.05, 4.69) is 5.32 Å². The number of carbonyl (C=O) groups excluding carboxylic acids is 2. The highest BCUT2D eigenvalue weighted by Gasteiger charge is 2.23. The summed E-state index contributed by atoms with van der Waals surface area (Å²) < 4.78 is 23.0. The average molecular weight is 345 g/mol. The molecule has 0 saturated carbocycles. The van der Waals surface area contributed by atoms with Crippen molar-refractivity contribution in [3.05, 3.63) is 65.5 Å². The molecule has 25 heavy (non-hydrogen) atoms. The number of carbonyl (C=O) groups is 2. The van der Waals surface area contributed by atoms with Crippen LogP contribution in [0.1, 0.15) is 11.1 Å². The third-order valence-corrected chi connectivity index (χ3v) is 3.72. The van der Waals surface area contributed by atoms with Gasteiger partial charge in [0.15, 0.2) is 0 Å². The molecule has 0 aromatic heterocycles. The summed E-state index contributed by atoms with van der Waals surface area (Å²) in [5.74, 6) is -0.632. The number of hydrogen-bond donors (Lipinski definition) is 1. The van der Waals surface area contributed by atoms with Gasteiger partial charge in [-0.25, -0.2) is 9.18 Å². The quantitative estimate of drug-likeness (QED) is 0.782. The van der Waals surface area contributed by atoms with Crippen LogP contribution in [0, 0.1) is 5.82 Å². The molecule has 1 atom stereocenters. The van der Waals surface area contributed by atoms with Gasteiger partial charge in [0.1, 0.15) is 17.6 Å². The first-order chi connectivity index (χ1) is 12.0. The monoisotopic (exact) mass is 345 g/mol. The topological polar surface area (TPSA) is 64.6 Å². The molecule has 0 saturated heterocycles. The fourth-order valence-corrected chi connectivity index (χ4v) is 2.46. The van der Waals surface area contributed by atoms with Gasteiger partial charge in [0.05, 0.1) is 20.6 Å². The zero-order valence-electron chi connectivity index (χ0n) is 14.1. The van der Waals surface area contributed by atoms with E-state index in [0.29, 0.717) is 11.3 Å². The molecule has 0 aliphatic heterocycles. The Morgan fingerprint density at radius 2 is 1.76 bits per heavy atom. The van der Waals surface area contributed by atoms with E-state index in [0.717, 1.165) is 5.56 Å². The fourth-order valence-electron chi connectivity index (χ4n) is 2.46. The van der Waals surface area contributed by atoms with Crippen LogP contribution in [0.15, 0.2) is 48.5 Å². The smallest absolute Gasteiger partial charge is 0.328 e. The van der Waals surface area contributed by atoms with E-state index in [1.807, 2.05) is 18.2 Å². The lowest BCUT2D eigenvalue weighted by Gasteiger charge is -2.18. The average Bonchev–Trinajstić information content (AvgIpc) is 2.62. The molecule has 6 heteroatoms. The highest BCUT2D eigenvalue weighted by molar-refractivity contribution is 5.85. The van der Waals surface area contributed by atoms with Crippen LogP contribution in [-0.4, -0.2) is 32.1 Å². The molecule has 132 valence electrons. The van der Waals surface area contributed by atoms with Gasteiger partial charge in [-0.05, 0) is 29.3 Å². The normalized spacial score (nSPS) is 11.5. The van der Waals surface area contributed by atoms with Gasteiger partial charge in [-0.3, -0.25) is 4.79 Å². The molecule has 0 aliphatic carbocycles. The molecule has 0 heterocycles. The Labute approximate surface area is 145 Å². The molecule has 0 spiro atoms. The van der Waals surface area contributed by atoms with Crippen molar-refractivity contribution in [2.75, 3.05) is 14.2 Å². The summed E-state index contributed by atoms with van der Waals surface area (Å²) in [5, 5.41) is 2.67. The molecule has 1 amide bonds. The molecule has 0 aliphatic rings. The summed E-state index contributed by atoms with van der Waals surface area (Å²) >= 11 is 0. The summed E-state index contributed by atoms with van der Waals surface area (Å²) in [6, 6.07) is 12.0. The first-order valence-electron chi connectivity index (χ1n) is 7.77. The highest BCUT2D eigenvalue weighted by atomic mass is 19.1. The zero-order valence-corrected chi connectivity index (χ0v) is 14.1. The van der Waals surface area contributed by atoms with Crippen molar-refractivity contribution in [2.45, 2.75) is 18.9 Å². The van der Waals surface area contributed by atoms with E-state index in [-0.39, 0.29) is 24.6 Å². The maximum absolute atomic E-state index is 12.9. The number of hydrogen-bond acceptors (Lipinski definition) is 4. The fraction of sp³-hybridized carbons (Fsp3) is 0.263. The maximum atomic E-state index is 12.9. The molecule has 0 radical (unpaired) electrons. The summed E-state index contributed by atoms with van der Waals surface area (Å²) in [6.07, 6.45) is 0.283. The molecule has 0 unspecified atom stereocenters. The summed E-state index contributed by atoms with van der Waals surface area (Å²) in [7, 11) is 2.81. The summed E-state index contributed by atoms with van der Waals surface area (Å²) in [5.41, 5.74) is 1.43. The Morgan fingerprint density at radius 3 is 2.40 bits per heavy atom. The number of amides is 1. The molecule has 2 aromatic rings. The first-order valence-corrected chi connectivity index (χ1v) is 7.77. The second kappa shape index (κ2) is 8.82. The lowest BCUT2D eigenvalue weighted by Crippen LogP contribution is -2.43. The van der Waals surface area contributed by atoms with Crippen molar-refractivity contribution < 1.29 is 23.5 Å². The summed E-state index contributed by atoms with van der Waals surface area (Å²) in [4.78, 5) is 24.3. The number of para-hydroxylation sites is 1. The predicted molar refractivity (Wildman–Crippen MR) is 90.7 cm³/mol. The van der Waals surface area contributed by atoms with Crippen LogP contribution in [0.25, 0.3) is 0 Å². The first kappa shape index (κ1) is 18.4. The lowest BCUT2D eigenvalue weighted by atomic mass is 10.0.